The van der Waals surface area contributed by atoms with Crippen LogP contribution in [-0.2, 0) is 6.42 Å². The van der Waals surface area contributed by atoms with Crippen molar-refractivity contribution in [3.8, 4) is 0 Å². The third kappa shape index (κ3) is 2.91. The van der Waals surface area contributed by atoms with Crippen molar-refractivity contribution in [1.82, 2.24) is 0 Å². The fraction of sp³-hybridized carbons (Fsp3) is 0.333. The van der Waals surface area contributed by atoms with E-state index in [0.717, 1.165) is 6.42 Å². The van der Waals surface area contributed by atoms with Gasteiger partial charge in [-0.2, -0.15) is 11.3 Å². The molecule has 0 aliphatic heterocycles. The van der Waals surface area contributed by atoms with Gasteiger partial charge in [-0.25, -0.2) is 0 Å². The first-order valence-corrected chi connectivity index (χ1v) is 7.18. The lowest BCUT2D eigenvalue weighted by Gasteiger charge is -2.12. The molecular formula is C15H17ClS. The van der Waals surface area contributed by atoms with Crippen molar-refractivity contribution in [2.75, 3.05) is 0 Å². The van der Waals surface area contributed by atoms with Crippen LogP contribution in [0.25, 0.3) is 0 Å². The normalized spacial score (nSPS) is 12.7. The van der Waals surface area contributed by atoms with Gasteiger partial charge in [0, 0.05) is 0 Å². The molecule has 1 atom stereocenters. The lowest BCUT2D eigenvalue weighted by atomic mass is 9.98. The molecule has 17 heavy (non-hydrogen) atoms. The highest BCUT2D eigenvalue weighted by atomic mass is 35.5. The largest absolute Gasteiger partial charge is 0.152 e. The molecule has 0 amide bonds. The van der Waals surface area contributed by atoms with Crippen molar-refractivity contribution < 1.29 is 0 Å². The van der Waals surface area contributed by atoms with Gasteiger partial charge in [-0.1, -0.05) is 23.8 Å². The standard InChI is InChI=1S/C15H17ClS/c1-10-4-5-11(2)13(6-10)7-15(16)14-9-17-8-12(14)3/h4-6,8-9,15H,7H2,1-3H3. The summed E-state index contributed by atoms with van der Waals surface area (Å²) in [4.78, 5) is 0. The van der Waals surface area contributed by atoms with Gasteiger partial charge in [0.25, 0.3) is 0 Å². The molecule has 2 rings (SSSR count). The molecule has 0 fully saturated rings. The van der Waals surface area contributed by atoms with Crippen molar-refractivity contribution in [2.24, 2.45) is 0 Å². The zero-order chi connectivity index (χ0) is 12.4. The molecule has 2 heteroatoms. The van der Waals surface area contributed by atoms with Gasteiger partial charge in [0.05, 0.1) is 5.38 Å². The monoisotopic (exact) mass is 264 g/mol. The molecule has 1 aromatic carbocycles. The number of halogens is 1. The number of thiophene rings is 1. The molecule has 0 spiro atoms. The van der Waals surface area contributed by atoms with Crippen LogP contribution < -0.4 is 0 Å². The highest BCUT2D eigenvalue weighted by molar-refractivity contribution is 7.08. The Morgan fingerprint density at radius 2 is 1.88 bits per heavy atom. The first kappa shape index (κ1) is 12.7. The molecule has 0 radical (unpaired) electrons. The van der Waals surface area contributed by atoms with E-state index in [9.17, 15) is 0 Å². The van der Waals surface area contributed by atoms with Crippen LogP contribution in [0.2, 0.25) is 0 Å². The van der Waals surface area contributed by atoms with Gasteiger partial charge in [0.2, 0.25) is 0 Å². The quantitative estimate of drug-likeness (QED) is 0.669. The molecule has 0 nitrogen and oxygen atoms in total. The van der Waals surface area contributed by atoms with Crippen molar-refractivity contribution in [2.45, 2.75) is 32.6 Å². The van der Waals surface area contributed by atoms with Crippen LogP contribution in [-0.4, -0.2) is 0 Å². The Morgan fingerprint density at radius 3 is 2.53 bits per heavy atom. The predicted octanol–water partition coefficient (Wildman–Crippen LogP) is 5.20. The minimum absolute atomic E-state index is 0.0850. The van der Waals surface area contributed by atoms with Crippen LogP contribution >= 0.6 is 22.9 Å². The summed E-state index contributed by atoms with van der Waals surface area (Å²) in [6.07, 6.45) is 0.909. The third-order valence-electron chi connectivity index (χ3n) is 3.14. The summed E-state index contributed by atoms with van der Waals surface area (Å²) in [6.45, 7) is 6.41. The Kier molecular flexibility index (Phi) is 3.90. The number of alkyl halides is 1. The van der Waals surface area contributed by atoms with Gasteiger partial charge in [-0.15, -0.1) is 11.6 Å². The van der Waals surface area contributed by atoms with E-state index in [0.29, 0.717) is 0 Å². The molecule has 2 aromatic rings. The second kappa shape index (κ2) is 5.24. The van der Waals surface area contributed by atoms with Crippen LogP contribution in [0.4, 0.5) is 0 Å². The molecule has 1 aromatic heterocycles. The minimum Gasteiger partial charge on any atom is -0.152 e. The number of hydrogen-bond donors (Lipinski definition) is 0. The fourth-order valence-corrected chi connectivity index (χ4v) is 3.40. The molecule has 1 unspecified atom stereocenters. The molecule has 0 saturated heterocycles. The highest BCUT2D eigenvalue weighted by Gasteiger charge is 2.13. The predicted molar refractivity (Wildman–Crippen MR) is 77.3 cm³/mol. The maximum Gasteiger partial charge on any atom is 0.0636 e. The van der Waals surface area contributed by atoms with Crippen LogP contribution in [0.5, 0.6) is 0 Å². The second-order valence-electron chi connectivity index (χ2n) is 4.61. The fourth-order valence-electron chi connectivity index (χ4n) is 2.01. The second-order valence-corrected chi connectivity index (χ2v) is 5.88. The van der Waals surface area contributed by atoms with Crippen LogP contribution in [0, 0.1) is 20.8 Å². The zero-order valence-electron chi connectivity index (χ0n) is 10.5. The molecule has 0 aliphatic rings. The topological polar surface area (TPSA) is 0 Å². The molecule has 0 N–H and O–H groups in total. The Morgan fingerprint density at radius 1 is 1.12 bits per heavy atom. The summed E-state index contributed by atoms with van der Waals surface area (Å²) in [5.41, 5.74) is 6.57. The van der Waals surface area contributed by atoms with E-state index >= 15 is 0 Å². The Bertz CT molecular complexity index is 513. The molecule has 0 bridgehead atoms. The van der Waals surface area contributed by atoms with Crippen molar-refractivity contribution in [1.29, 1.82) is 0 Å². The van der Waals surface area contributed by atoms with Crippen molar-refractivity contribution in [3.63, 3.8) is 0 Å². The van der Waals surface area contributed by atoms with E-state index < -0.39 is 0 Å². The SMILES string of the molecule is Cc1ccc(C)c(CC(Cl)c2cscc2C)c1. The van der Waals surface area contributed by atoms with E-state index in [4.69, 9.17) is 11.6 Å². The highest BCUT2D eigenvalue weighted by Crippen LogP contribution is 2.31. The number of aryl methyl sites for hydroxylation is 3. The van der Waals surface area contributed by atoms with Gasteiger partial charge < -0.3 is 0 Å². The zero-order valence-corrected chi connectivity index (χ0v) is 12.0. The van der Waals surface area contributed by atoms with Crippen LogP contribution in [0.1, 0.15) is 33.2 Å². The lowest BCUT2D eigenvalue weighted by Crippen LogP contribution is -1.98. The van der Waals surface area contributed by atoms with Gasteiger partial charge in [-0.05, 0) is 60.2 Å². The summed E-state index contributed by atoms with van der Waals surface area (Å²) in [6, 6.07) is 6.57. The van der Waals surface area contributed by atoms with E-state index in [1.165, 1.54) is 27.8 Å². The minimum atomic E-state index is 0.0850. The number of benzene rings is 1. The van der Waals surface area contributed by atoms with Gasteiger partial charge in [-0.3, -0.25) is 0 Å². The first-order valence-electron chi connectivity index (χ1n) is 5.81. The molecule has 1 heterocycles. The maximum atomic E-state index is 6.52. The molecule has 0 saturated carbocycles. The molecule has 90 valence electrons. The Labute approximate surface area is 112 Å². The van der Waals surface area contributed by atoms with Crippen molar-refractivity contribution >= 4 is 22.9 Å². The summed E-state index contributed by atoms with van der Waals surface area (Å²) in [5, 5.41) is 4.41. The van der Waals surface area contributed by atoms with Gasteiger partial charge >= 0.3 is 0 Å². The van der Waals surface area contributed by atoms with Gasteiger partial charge in [0.15, 0.2) is 0 Å². The van der Waals surface area contributed by atoms with Crippen LogP contribution in [0.3, 0.4) is 0 Å². The van der Waals surface area contributed by atoms with E-state index in [1.54, 1.807) is 11.3 Å². The summed E-state index contributed by atoms with van der Waals surface area (Å²) in [7, 11) is 0. The van der Waals surface area contributed by atoms with Crippen molar-refractivity contribution in [3.05, 3.63) is 56.8 Å². The Hall–Kier alpha value is -0.790. The Balaban J connectivity index is 2.21. The molecule has 0 aliphatic carbocycles. The average Bonchev–Trinajstić information content (AvgIpc) is 2.70. The summed E-state index contributed by atoms with van der Waals surface area (Å²) in [5.74, 6) is 0. The number of hydrogen-bond acceptors (Lipinski definition) is 1. The maximum absolute atomic E-state index is 6.52. The van der Waals surface area contributed by atoms with E-state index in [-0.39, 0.29) is 5.38 Å². The van der Waals surface area contributed by atoms with Crippen LogP contribution in [0.15, 0.2) is 29.0 Å². The molecular weight excluding hydrogens is 248 g/mol. The summed E-state index contributed by atoms with van der Waals surface area (Å²) >= 11 is 8.25. The lowest BCUT2D eigenvalue weighted by molar-refractivity contribution is 0.906. The van der Waals surface area contributed by atoms with E-state index in [2.05, 4.69) is 49.7 Å². The van der Waals surface area contributed by atoms with E-state index in [1.807, 2.05) is 0 Å². The smallest absolute Gasteiger partial charge is 0.0636 e. The summed E-state index contributed by atoms with van der Waals surface area (Å²) < 4.78 is 0. The van der Waals surface area contributed by atoms with Gasteiger partial charge in [0.1, 0.15) is 0 Å². The third-order valence-corrected chi connectivity index (χ3v) is 4.41. The number of rotatable bonds is 3. The average molecular weight is 265 g/mol. The first-order chi connectivity index (χ1) is 8.08.